The lowest BCUT2D eigenvalue weighted by Crippen LogP contribution is -2.42. The molecule has 2 heterocycles. The average molecular weight is 496 g/mol. The van der Waals surface area contributed by atoms with Crippen LogP contribution in [0.2, 0.25) is 5.02 Å². The third-order valence-corrected chi connectivity index (χ3v) is 7.33. The number of likely N-dealkylation sites (N-methyl/N-ethyl adjacent to an activating group) is 1. The standard InChI is InChI=1S/C26H26ClN3O3S/c1-15-7-6-8-18(9-15)28-23(31)14-30-24(32)22(34-25(30)33)11-17-10-19-16(2)13-26(3,4)29(5)21(19)12-20(17)27/h6-13H,14H2,1-5H3,(H,28,31)/b22-11-. The first kappa shape index (κ1) is 24.1. The molecule has 0 aromatic heterocycles. The van der Waals surface area contributed by atoms with Crippen molar-refractivity contribution in [2.75, 3.05) is 23.8 Å². The third kappa shape index (κ3) is 4.63. The summed E-state index contributed by atoms with van der Waals surface area (Å²) in [6.45, 7) is 7.87. The number of nitrogens with one attached hydrogen (secondary N) is 1. The number of aryl methyl sites for hydroxylation is 1. The Morgan fingerprint density at radius 1 is 1.18 bits per heavy atom. The molecule has 2 aromatic carbocycles. The lowest BCUT2D eigenvalue weighted by atomic mass is 9.88. The van der Waals surface area contributed by atoms with Crippen molar-refractivity contribution < 1.29 is 14.4 Å². The molecule has 0 unspecified atom stereocenters. The predicted molar refractivity (Wildman–Crippen MR) is 140 cm³/mol. The number of imide groups is 1. The van der Waals surface area contributed by atoms with Gasteiger partial charge in [0.15, 0.2) is 0 Å². The second-order valence-corrected chi connectivity index (χ2v) is 10.5. The predicted octanol–water partition coefficient (Wildman–Crippen LogP) is 5.96. The van der Waals surface area contributed by atoms with Crippen LogP contribution >= 0.6 is 23.4 Å². The van der Waals surface area contributed by atoms with Gasteiger partial charge < -0.3 is 10.2 Å². The highest BCUT2D eigenvalue weighted by molar-refractivity contribution is 8.18. The maximum Gasteiger partial charge on any atom is 0.294 e. The minimum atomic E-state index is -0.506. The number of carbonyl (C=O) groups is 3. The minimum absolute atomic E-state index is 0.149. The van der Waals surface area contributed by atoms with E-state index in [0.717, 1.165) is 39.0 Å². The van der Waals surface area contributed by atoms with E-state index in [4.69, 9.17) is 11.6 Å². The summed E-state index contributed by atoms with van der Waals surface area (Å²) in [7, 11) is 2.02. The molecule has 176 valence electrons. The topological polar surface area (TPSA) is 69.7 Å². The average Bonchev–Trinajstić information content (AvgIpc) is 3.00. The molecular weight excluding hydrogens is 470 g/mol. The Morgan fingerprint density at radius 2 is 1.91 bits per heavy atom. The molecule has 0 bridgehead atoms. The molecule has 0 radical (unpaired) electrons. The van der Waals surface area contributed by atoms with Gasteiger partial charge in [0.1, 0.15) is 6.54 Å². The number of carbonyl (C=O) groups excluding carboxylic acids is 3. The number of nitrogens with zero attached hydrogens (tertiary/aromatic N) is 2. The second-order valence-electron chi connectivity index (χ2n) is 9.12. The Balaban J connectivity index is 1.56. The normalized spacial score (nSPS) is 18.3. The van der Waals surface area contributed by atoms with Crippen molar-refractivity contribution in [3.63, 3.8) is 0 Å². The van der Waals surface area contributed by atoms with E-state index in [1.807, 2.05) is 51.2 Å². The smallest absolute Gasteiger partial charge is 0.294 e. The molecule has 34 heavy (non-hydrogen) atoms. The SMILES string of the molecule is CC1=CC(C)(C)N(C)c2cc(Cl)c(/C=C3\SC(=O)N(CC(=O)Nc4cccc(C)c4)C3=O)cc21. The van der Waals surface area contributed by atoms with E-state index in [1.165, 1.54) is 0 Å². The van der Waals surface area contributed by atoms with Gasteiger partial charge in [0.2, 0.25) is 5.91 Å². The molecular formula is C26H26ClN3O3S. The lowest BCUT2D eigenvalue weighted by Gasteiger charge is -2.40. The summed E-state index contributed by atoms with van der Waals surface area (Å²) in [5, 5.41) is 2.73. The third-order valence-electron chi connectivity index (χ3n) is 6.10. The number of hydrogen-bond acceptors (Lipinski definition) is 5. The van der Waals surface area contributed by atoms with Crippen LogP contribution in [0.15, 0.2) is 47.4 Å². The Kier molecular flexibility index (Phi) is 6.36. The Bertz CT molecular complexity index is 1280. The maximum atomic E-state index is 12.9. The van der Waals surface area contributed by atoms with E-state index < -0.39 is 17.1 Å². The summed E-state index contributed by atoms with van der Waals surface area (Å²) in [5.41, 5.74) is 5.26. The second kappa shape index (κ2) is 8.96. The highest BCUT2D eigenvalue weighted by Crippen LogP contribution is 2.42. The fourth-order valence-electron chi connectivity index (χ4n) is 4.14. The molecule has 2 aliphatic heterocycles. The zero-order valence-corrected chi connectivity index (χ0v) is 21.3. The highest BCUT2D eigenvalue weighted by Gasteiger charge is 2.37. The number of hydrogen-bond donors (Lipinski definition) is 1. The zero-order chi connectivity index (χ0) is 24.8. The van der Waals surface area contributed by atoms with E-state index in [-0.39, 0.29) is 17.0 Å². The largest absolute Gasteiger partial charge is 0.365 e. The van der Waals surface area contributed by atoms with Gasteiger partial charge in [-0.3, -0.25) is 19.3 Å². The first-order valence-electron chi connectivity index (χ1n) is 10.9. The number of thioether (sulfide) groups is 1. The number of rotatable bonds is 4. The first-order valence-corrected chi connectivity index (χ1v) is 12.0. The van der Waals surface area contributed by atoms with Crippen molar-refractivity contribution in [3.05, 3.63) is 69.1 Å². The number of allylic oxidation sites excluding steroid dienone is 1. The molecule has 0 aliphatic carbocycles. The van der Waals surface area contributed by atoms with Crippen molar-refractivity contribution in [3.8, 4) is 0 Å². The van der Waals surface area contributed by atoms with Crippen LogP contribution in [0, 0.1) is 6.92 Å². The van der Waals surface area contributed by atoms with Crippen LogP contribution < -0.4 is 10.2 Å². The number of fused-ring (bicyclic) bond motifs is 1. The number of amides is 3. The molecule has 2 aliphatic rings. The van der Waals surface area contributed by atoms with Crippen LogP contribution in [-0.4, -0.2) is 41.1 Å². The molecule has 1 saturated heterocycles. The van der Waals surface area contributed by atoms with Gasteiger partial charge in [-0.15, -0.1) is 0 Å². The van der Waals surface area contributed by atoms with E-state index in [2.05, 4.69) is 30.1 Å². The summed E-state index contributed by atoms with van der Waals surface area (Å²) < 4.78 is 0. The van der Waals surface area contributed by atoms with Crippen molar-refractivity contribution >= 4 is 63.4 Å². The summed E-state index contributed by atoms with van der Waals surface area (Å²) in [6, 6.07) is 11.1. The minimum Gasteiger partial charge on any atom is -0.365 e. The van der Waals surface area contributed by atoms with Gasteiger partial charge in [0.05, 0.1) is 10.4 Å². The van der Waals surface area contributed by atoms with Gasteiger partial charge in [-0.25, -0.2) is 0 Å². The van der Waals surface area contributed by atoms with Gasteiger partial charge in [-0.2, -0.15) is 0 Å². The Hall–Kier alpha value is -3.03. The van der Waals surface area contributed by atoms with Crippen LogP contribution in [0.5, 0.6) is 0 Å². The zero-order valence-electron chi connectivity index (χ0n) is 19.7. The molecule has 1 fully saturated rings. The van der Waals surface area contributed by atoms with Crippen LogP contribution in [0.25, 0.3) is 11.6 Å². The van der Waals surface area contributed by atoms with Gasteiger partial charge >= 0.3 is 0 Å². The van der Waals surface area contributed by atoms with Gasteiger partial charge in [-0.1, -0.05) is 29.8 Å². The van der Waals surface area contributed by atoms with E-state index in [0.29, 0.717) is 16.3 Å². The molecule has 0 atom stereocenters. The highest BCUT2D eigenvalue weighted by atomic mass is 35.5. The molecule has 0 spiro atoms. The van der Waals surface area contributed by atoms with Crippen LogP contribution in [-0.2, 0) is 9.59 Å². The number of benzene rings is 2. The number of halogens is 1. The lowest BCUT2D eigenvalue weighted by molar-refractivity contribution is -0.127. The Labute approximate surface area is 208 Å². The maximum absolute atomic E-state index is 12.9. The van der Waals surface area contributed by atoms with E-state index in [1.54, 1.807) is 12.1 Å². The monoisotopic (exact) mass is 495 g/mol. The molecule has 2 aromatic rings. The summed E-state index contributed by atoms with van der Waals surface area (Å²) in [4.78, 5) is 41.2. The number of anilines is 2. The fourth-order valence-corrected chi connectivity index (χ4v) is 5.18. The van der Waals surface area contributed by atoms with E-state index >= 15 is 0 Å². The van der Waals surface area contributed by atoms with Gasteiger partial charge in [0.25, 0.3) is 11.1 Å². The van der Waals surface area contributed by atoms with Crippen molar-refractivity contribution in [2.24, 2.45) is 0 Å². The summed E-state index contributed by atoms with van der Waals surface area (Å²) >= 11 is 7.39. The van der Waals surface area contributed by atoms with Crippen LogP contribution in [0.1, 0.15) is 37.5 Å². The molecule has 0 saturated carbocycles. The molecule has 1 N–H and O–H groups in total. The summed E-state index contributed by atoms with van der Waals surface area (Å²) in [6.07, 6.45) is 3.81. The molecule has 8 heteroatoms. The van der Waals surface area contributed by atoms with Gasteiger partial charge in [-0.05, 0) is 86.5 Å². The first-order chi connectivity index (χ1) is 16.0. The van der Waals surface area contributed by atoms with Crippen LogP contribution in [0.4, 0.5) is 16.2 Å². The van der Waals surface area contributed by atoms with Crippen molar-refractivity contribution in [1.82, 2.24) is 4.90 Å². The Morgan fingerprint density at radius 3 is 2.62 bits per heavy atom. The fraction of sp³-hybridized carbons (Fsp3) is 0.269. The summed E-state index contributed by atoms with van der Waals surface area (Å²) in [5.74, 6) is -0.943. The van der Waals surface area contributed by atoms with Crippen molar-refractivity contribution in [1.29, 1.82) is 0 Å². The molecule has 6 nitrogen and oxygen atoms in total. The van der Waals surface area contributed by atoms with E-state index in [9.17, 15) is 14.4 Å². The molecule has 4 rings (SSSR count). The van der Waals surface area contributed by atoms with Gasteiger partial charge in [0, 0.05) is 29.0 Å². The molecule has 3 amide bonds. The quantitative estimate of drug-likeness (QED) is 0.530. The van der Waals surface area contributed by atoms with Crippen LogP contribution in [0.3, 0.4) is 0 Å². The van der Waals surface area contributed by atoms with Crippen molar-refractivity contribution in [2.45, 2.75) is 33.2 Å².